The van der Waals surface area contributed by atoms with E-state index in [-0.39, 0.29) is 11.3 Å². The summed E-state index contributed by atoms with van der Waals surface area (Å²) in [6.07, 6.45) is 2.05. The van der Waals surface area contributed by atoms with E-state index in [0.717, 1.165) is 25.9 Å². The van der Waals surface area contributed by atoms with E-state index in [9.17, 15) is 4.79 Å². The van der Waals surface area contributed by atoms with Crippen LogP contribution in [-0.2, 0) is 4.79 Å². The molecule has 0 aliphatic carbocycles. The molecule has 1 heterocycles. The molecule has 94 valence electrons. The first-order valence-electron chi connectivity index (χ1n) is 6.05. The van der Waals surface area contributed by atoms with Crippen LogP contribution in [0, 0.1) is 5.41 Å². The second-order valence-electron chi connectivity index (χ2n) is 5.93. The number of nitrogens with two attached hydrogens (primary N) is 1. The molecule has 0 aromatic rings. The lowest BCUT2D eigenvalue weighted by Crippen LogP contribution is -2.53. The van der Waals surface area contributed by atoms with E-state index in [4.69, 9.17) is 5.73 Å². The topological polar surface area (TPSA) is 58.4 Å². The lowest BCUT2D eigenvalue weighted by atomic mass is 9.86. The van der Waals surface area contributed by atoms with E-state index in [1.165, 1.54) is 0 Å². The molecule has 0 radical (unpaired) electrons. The molecule has 0 spiro atoms. The number of nitrogens with one attached hydrogen (secondary N) is 1. The van der Waals surface area contributed by atoms with Gasteiger partial charge < -0.3 is 16.0 Å². The van der Waals surface area contributed by atoms with Crippen LogP contribution >= 0.6 is 0 Å². The third-order valence-corrected chi connectivity index (χ3v) is 3.28. The van der Waals surface area contributed by atoms with Crippen LogP contribution in [0.2, 0.25) is 0 Å². The number of carbonyl (C=O) groups excluding carboxylic acids is 1. The highest BCUT2D eigenvalue weighted by molar-refractivity contribution is 5.82. The normalized spacial score (nSPS) is 21.8. The second kappa shape index (κ2) is 5.15. The molecule has 1 aliphatic heterocycles. The largest absolute Gasteiger partial charge is 0.352 e. The van der Waals surface area contributed by atoms with Gasteiger partial charge in [0.2, 0.25) is 5.91 Å². The van der Waals surface area contributed by atoms with E-state index >= 15 is 0 Å². The molecule has 1 amide bonds. The first-order valence-corrected chi connectivity index (χ1v) is 6.05. The number of hydrogen-bond acceptors (Lipinski definition) is 3. The zero-order valence-corrected chi connectivity index (χ0v) is 10.9. The molecule has 0 bridgehead atoms. The summed E-state index contributed by atoms with van der Waals surface area (Å²) in [4.78, 5) is 14.2. The van der Waals surface area contributed by atoms with E-state index in [0.29, 0.717) is 6.04 Å². The molecule has 1 rings (SSSR count). The first kappa shape index (κ1) is 13.5. The molecule has 1 fully saturated rings. The number of carbonyl (C=O) groups is 1. The van der Waals surface area contributed by atoms with Crippen molar-refractivity contribution in [3.8, 4) is 0 Å². The molecule has 0 unspecified atom stereocenters. The van der Waals surface area contributed by atoms with Crippen LogP contribution in [0.15, 0.2) is 0 Å². The highest BCUT2D eigenvalue weighted by Crippen LogP contribution is 2.18. The van der Waals surface area contributed by atoms with E-state index in [1.54, 1.807) is 0 Å². The Kier molecular flexibility index (Phi) is 4.33. The fraction of sp³-hybridized carbons (Fsp3) is 0.917. The number of piperidine rings is 1. The Balaban J connectivity index is 2.40. The fourth-order valence-corrected chi connectivity index (χ4v) is 1.84. The number of amides is 1. The van der Waals surface area contributed by atoms with Gasteiger partial charge in [-0.05, 0) is 38.4 Å². The van der Waals surface area contributed by atoms with Crippen molar-refractivity contribution >= 4 is 5.91 Å². The van der Waals surface area contributed by atoms with Crippen molar-refractivity contribution in [2.45, 2.75) is 45.7 Å². The molecule has 16 heavy (non-hydrogen) atoms. The Bertz CT molecular complexity index is 239. The summed E-state index contributed by atoms with van der Waals surface area (Å²) in [7, 11) is 2.11. The van der Waals surface area contributed by atoms with Gasteiger partial charge in [-0.25, -0.2) is 0 Å². The van der Waals surface area contributed by atoms with Gasteiger partial charge in [-0.1, -0.05) is 20.8 Å². The summed E-state index contributed by atoms with van der Waals surface area (Å²) >= 11 is 0. The lowest BCUT2D eigenvalue weighted by molar-refractivity contribution is -0.125. The van der Waals surface area contributed by atoms with Gasteiger partial charge in [0, 0.05) is 6.04 Å². The molecule has 0 aromatic carbocycles. The minimum absolute atomic E-state index is 0.0120. The van der Waals surface area contributed by atoms with Crippen molar-refractivity contribution in [2.24, 2.45) is 11.1 Å². The van der Waals surface area contributed by atoms with Crippen LogP contribution in [0.5, 0.6) is 0 Å². The summed E-state index contributed by atoms with van der Waals surface area (Å²) in [5, 5.41) is 3.06. The summed E-state index contributed by atoms with van der Waals surface area (Å²) in [6.45, 7) is 8.08. The Morgan fingerprint density at radius 1 is 1.38 bits per heavy atom. The molecule has 0 aromatic heterocycles. The smallest absolute Gasteiger partial charge is 0.237 e. The van der Waals surface area contributed by atoms with Crippen LogP contribution in [-0.4, -0.2) is 43.0 Å². The minimum Gasteiger partial charge on any atom is -0.352 e. The van der Waals surface area contributed by atoms with Crippen molar-refractivity contribution in [1.82, 2.24) is 10.2 Å². The first-order chi connectivity index (χ1) is 7.30. The molecular weight excluding hydrogens is 202 g/mol. The van der Waals surface area contributed by atoms with E-state index in [1.807, 2.05) is 20.8 Å². The summed E-state index contributed by atoms with van der Waals surface area (Å²) in [6, 6.07) is -0.121. The monoisotopic (exact) mass is 227 g/mol. The zero-order chi connectivity index (χ0) is 12.3. The Morgan fingerprint density at radius 3 is 2.31 bits per heavy atom. The van der Waals surface area contributed by atoms with Gasteiger partial charge in [0.15, 0.2) is 0 Å². The van der Waals surface area contributed by atoms with Gasteiger partial charge in [-0.15, -0.1) is 0 Å². The summed E-state index contributed by atoms with van der Waals surface area (Å²) in [5.74, 6) is -0.0120. The predicted octanol–water partition coefficient (Wildman–Crippen LogP) is 0.570. The van der Waals surface area contributed by atoms with Gasteiger partial charge in [0.25, 0.3) is 0 Å². The molecular formula is C12H25N3O. The summed E-state index contributed by atoms with van der Waals surface area (Å²) < 4.78 is 0. The van der Waals surface area contributed by atoms with Crippen LogP contribution in [0.1, 0.15) is 33.6 Å². The maximum absolute atomic E-state index is 11.9. The van der Waals surface area contributed by atoms with Crippen LogP contribution in [0.25, 0.3) is 0 Å². The maximum Gasteiger partial charge on any atom is 0.237 e. The molecule has 1 atom stereocenters. The number of nitrogens with zero attached hydrogens (tertiary/aromatic N) is 1. The molecule has 1 aliphatic rings. The van der Waals surface area contributed by atoms with Crippen molar-refractivity contribution in [1.29, 1.82) is 0 Å². The highest BCUT2D eigenvalue weighted by atomic mass is 16.2. The minimum atomic E-state index is -0.424. The van der Waals surface area contributed by atoms with E-state index in [2.05, 4.69) is 17.3 Å². The second-order valence-corrected chi connectivity index (χ2v) is 5.93. The average molecular weight is 227 g/mol. The SMILES string of the molecule is CN1CCC(NC(=O)[C@@H](N)C(C)(C)C)CC1. The van der Waals surface area contributed by atoms with Crippen LogP contribution in [0.3, 0.4) is 0 Å². The number of rotatable bonds is 2. The van der Waals surface area contributed by atoms with Crippen molar-refractivity contribution in [3.63, 3.8) is 0 Å². The van der Waals surface area contributed by atoms with Crippen molar-refractivity contribution in [2.75, 3.05) is 20.1 Å². The van der Waals surface area contributed by atoms with Gasteiger partial charge in [0.1, 0.15) is 0 Å². The molecule has 1 saturated heterocycles. The standard InChI is InChI=1S/C12H25N3O/c1-12(2,3)10(13)11(16)14-9-5-7-15(4)8-6-9/h9-10H,5-8,13H2,1-4H3,(H,14,16)/t10-/m1/s1. The fourth-order valence-electron chi connectivity index (χ4n) is 1.84. The molecule has 0 saturated carbocycles. The Hall–Kier alpha value is -0.610. The predicted molar refractivity (Wildman–Crippen MR) is 66.1 cm³/mol. The highest BCUT2D eigenvalue weighted by Gasteiger charge is 2.29. The lowest BCUT2D eigenvalue weighted by Gasteiger charge is -2.32. The Labute approximate surface area is 98.6 Å². The van der Waals surface area contributed by atoms with Gasteiger partial charge in [-0.2, -0.15) is 0 Å². The van der Waals surface area contributed by atoms with E-state index < -0.39 is 6.04 Å². The molecule has 4 nitrogen and oxygen atoms in total. The Morgan fingerprint density at radius 2 is 1.88 bits per heavy atom. The van der Waals surface area contributed by atoms with Crippen LogP contribution in [0.4, 0.5) is 0 Å². The van der Waals surface area contributed by atoms with Gasteiger partial charge in [0.05, 0.1) is 6.04 Å². The average Bonchev–Trinajstić information content (AvgIpc) is 2.19. The van der Waals surface area contributed by atoms with Gasteiger partial charge >= 0.3 is 0 Å². The molecule has 3 N–H and O–H groups in total. The summed E-state index contributed by atoms with van der Waals surface area (Å²) in [5.41, 5.74) is 5.75. The van der Waals surface area contributed by atoms with Crippen molar-refractivity contribution < 1.29 is 4.79 Å². The third kappa shape index (κ3) is 3.76. The molecule has 4 heteroatoms. The quantitative estimate of drug-likeness (QED) is 0.725. The van der Waals surface area contributed by atoms with Crippen LogP contribution < -0.4 is 11.1 Å². The maximum atomic E-state index is 11.9. The van der Waals surface area contributed by atoms with Gasteiger partial charge in [-0.3, -0.25) is 4.79 Å². The van der Waals surface area contributed by atoms with Crippen molar-refractivity contribution in [3.05, 3.63) is 0 Å². The zero-order valence-electron chi connectivity index (χ0n) is 10.9. The third-order valence-electron chi connectivity index (χ3n) is 3.28. The number of likely N-dealkylation sites (tertiary alicyclic amines) is 1. The number of hydrogen-bond donors (Lipinski definition) is 2.